The minimum atomic E-state index is 0.0321. The van der Waals surface area contributed by atoms with Crippen LogP contribution in [0.3, 0.4) is 0 Å². The van der Waals surface area contributed by atoms with Gasteiger partial charge in [0.2, 0.25) is 0 Å². The van der Waals surface area contributed by atoms with E-state index in [1.807, 2.05) is 0 Å². The molecule has 0 amide bonds. The first-order valence-corrected chi connectivity index (χ1v) is 2.15. The van der Waals surface area contributed by atoms with Crippen molar-refractivity contribution in [3.05, 3.63) is 0 Å². The van der Waals surface area contributed by atoms with E-state index in [4.69, 9.17) is 0 Å². The topological polar surface area (TPSA) is 38.8 Å². The number of aldehydes is 1. The zero-order chi connectivity index (χ0) is 6.41. The second-order valence-corrected chi connectivity index (χ2v) is 1.08. The fourth-order valence-corrected chi connectivity index (χ4v) is 0.188. The summed E-state index contributed by atoms with van der Waals surface area (Å²) in [5, 5.41) is 1.11. The van der Waals surface area contributed by atoms with E-state index in [1.54, 1.807) is 7.05 Å². The van der Waals surface area contributed by atoms with Crippen molar-refractivity contribution in [3.8, 4) is 0 Å². The number of hydroxylamine groups is 2. The quantitative estimate of drug-likeness (QED) is 0.373. The second-order valence-electron chi connectivity index (χ2n) is 1.08. The number of carbonyl (C=O) groups is 1. The van der Waals surface area contributed by atoms with Gasteiger partial charge in [0.25, 0.3) is 0 Å². The van der Waals surface area contributed by atoms with E-state index in [1.165, 1.54) is 7.11 Å². The fraction of sp³-hybridized carbons (Fsp3) is 0.750. The van der Waals surface area contributed by atoms with Crippen molar-refractivity contribution >= 4 is 6.29 Å². The molecule has 0 aliphatic heterocycles. The highest BCUT2D eigenvalue weighted by Crippen LogP contribution is 1.79. The summed E-state index contributed by atoms with van der Waals surface area (Å²) in [6, 6.07) is 0. The molecule has 0 atom stereocenters. The lowest BCUT2D eigenvalue weighted by Crippen LogP contribution is -2.18. The van der Waals surface area contributed by atoms with Gasteiger partial charge in [0.1, 0.15) is 12.9 Å². The van der Waals surface area contributed by atoms with Crippen LogP contribution in [0.15, 0.2) is 0 Å². The Hall–Kier alpha value is -0.450. The van der Waals surface area contributed by atoms with Gasteiger partial charge in [0.15, 0.2) is 0 Å². The van der Waals surface area contributed by atoms with Gasteiger partial charge >= 0.3 is 0 Å². The van der Waals surface area contributed by atoms with E-state index in [9.17, 15) is 4.79 Å². The summed E-state index contributed by atoms with van der Waals surface area (Å²) in [5.41, 5.74) is 0. The Labute approximate surface area is 47.9 Å². The first kappa shape index (κ1) is 7.55. The molecule has 0 unspecified atom stereocenters. The fourth-order valence-electron chi connectivity index (χ4n) is 0.188. The van der Waals surface area contributed by atoms with Crippen LogP contribution < -0.4 is 0 Å². The molecular weight excluding hydrogens is 110 g/mol. The van der Waals surface area contributed by atoms with Crippen molar-refractivity contribution < 1.29 is 14.5 Å². The average molecular weight is 119 g/mol. The lowest BCUT2D eigenvalue weighted by atomic mass is 10.9. The van der Waals surface area contributed by atoms with E-state index in [0.717, 1.165) is 5.23 Å². The third-order valence-corrected chi connectivity index (χ3v) is 0.581. The minimum Gasteiger partial charge on any atom is -0.301 e. The second kappa shape index (κ2) is 4.70. The zero-order valence-corrected chi connectivity index (χ0v) is 4.96. The molecule has 8 heavy (non-hydrogen) atoms. The SMILES string of the molecule is CON(C)OCC=O. The van der Waals surface area contributed by atoms with Crippen LogP contribution in [0, 0.1) is 0 Å². The van der Waals surface area contributed by atoms with Gasteiger partial charge < -0.3 is 4.79 Å². The van der Waals surface area contributed by atoms with Crippen LogP contribution in [0.5, 0.6) is 0 Å². The van der Waals surface area contributed by atoms with Crippen molar-refractivity contribution in [2.45, 2.75) is 0 Å². The zero-order valence-electron chi connectivity index (χ0n) is 4.96. The summed E-state index contributed by atoms with van der Waals surface area (Å²) >= 11 is 0. The molecule has 0 aliphatic rings. The highest BCUT2D eigenvalue weighted by atomic mass is 16.9. The Morgan fingerprint density at radius 2 is 2.38 bits per heavy atom. The van der Waals surface area contributed by atoms with Gasteiger partial charge in [-0.1, -0.05) is 5.23 Å². The molecule has 0 N–H and O–H groups in total. The summed E-state index contributed by atoms with van der Waals surface area (Å²) in [6.45, 7) is 0.0321. The van der Waals surface area contributed by atoms with Crippen LogP contribution in [0.2, 0.25) is 0 Å². The molecule has 4 nitrogen and oxygen atoms in total. The van der Waals surface area contributed by atoms with Crippen LogP contribution in [0.25, 0.3) is 0 Å². The van der Waals surface area contributed by atoms with Crippen LogP contribution >= 0.6 is 0 Å². The monoisotopic (exact) mass is 119 g/mol. The molecule has 0 saturated carbocycles. The molecular formula is C4H9NO3. The van der Waals surface area contributed by atoms with Gasteiger partial charge in [-0.05, 0) is 0 Å². The summed E-state index contributed by atoms with van der Waals surface area (Å²) in [5.74, 6) is 0. The van der Waals surface area contributed by atoms with Crippen molar-refractivity contribution in [3.63, 3.8) is 0 Å². The van der Waals surface area contributed by atoms with Gasteiger partial charge in [-0.25, -0.2) is 0 Å². The molecule has 0 spiro atoms. The average Bonchev–Trinajstić information content (AvgIpc) is 1.83. The molecule has 0 aliphatic carbocycles. The Kier molecular flexibility index (Phi) is 4.44. The van der Waals surface area contributed by atoms with Crippen LogP contribution in [-0.4, -0.2) is 32.3 Å². The maximum Gasteiger partial charge on any atom is 0.147 e. The predicted molar refractivity (Wildman–Crippen MR) is 26.8 cm³/mol. The smallest absolute Gasteiger partial charge is 0.147 e. The van der Waals surface area contributed by atoms with Gasteiger partial charge in [0, 0.05) is 7.05 Å². The molecule has 0 aromatic heterocycles. The largest absolute Gasteiger partial charge is 0.301 e. The first-order valence-electron chi connectivity index (χ1n) is 2.15. The van der Waals surface area contributed by atoms with Gasteiger partial charge in [0.05, 0.1) is 7.11 Å². The van der Waals surface area contributed by atoms with Gasteiger partial charge in [-0.15, -0.1) is 0 Å². The molecule has 0 aromatic rings. The molecule has 0 aromatic carbocycles. The maximum atomic E-state index is 9.62. The molecule has 4 heteroatoms. The standard InChI is InChI=1S/C4H9NO3/c1-5(7-2)8-4-3-6/h3H,4H2,1-2H3. The lowest BCUT2D eigenvalue weighted by molar-refractivity contribution is -0.334. The number of carbonyl (C=O) groups excluding carboxylic acids is 1. The summed E-state index contributed by atoms with van der Waals surface area (Å²) in [7, 11) is 3.01. The van der Waals surface area contributed by atoms with Gasteiger partial charge in [-0.3, -0.25) is 9.68 Å². The van der Waals surface area contributed by atoms with E-state index >= 15 is 0 Å². The summed E-state index contributed by atoms with van der Waals surface area (Å²) in [4.78, 5) is 18.7. The van der Waals surface area contributed by atoms with E-state index in [-0.39, 0.29) is 6.61 Å². The molecule has 0 fully saturated rings. The van der Waals surface area contributed by atoms with Crippen LogP contribution in [-0.2, 0) is 14.5 Å². The Bertz CT molecular complexity index is 66.3. The van der Waals surface area contributed by atoms with Crippen molar-refractivity contribution in [2.24, 2.45) is 0 Å². The molecule has 0 radical (unpaired) electrons. The molecule has 0 rings (SSSR count). The third kappa shape index (κ3) is 3.73. The number of hydrogen-bond acceptors (Lipinski definition) is 4. The lowest BCUT2D eigenvalue weighted by Gasteiger charge is -2.09. The number of rotatable bonds is 4. The number of hydrogen-bond donors (Lipinski definition) is 0. The van der Waals surface area contributed by atoms with E-state index in [2.05, 4.69) is 9.68 Å². The van der Waals surface area contributed by atoms with Crippen molar-refractivity contribution in [1.82, 2.24) is 5.23 Å². The normalized spacial score (nSPS) is 9.88. The van der Waals surface area contributed by atoms with Crippen molar-refractivity contribution in [2.75, 3.05) is 20.8 Å². The van der Waals surface area contributed by atoms with Crippen LogP contribution in [0.4, 0.5) is 0 Å². The molecule has 0 saturated heterocycles. The molecule has 48 valence electrons. The van der Waals surface area contributed by atoms with Crippen LogP contribution in [0.1, 0.15) is 0 Å². The maximum absolute atomic E-state index is 9.62. The summed E-state index contributed by atoms with van der Waals surface area (Å²) < 4.78 is 0. The highest BCUT2D eigenvalue weighted by Gasteiger charge is 1.89. The third-order valence-electron chi connectivity index (χ3n) is 0.581. The molecule has 0 heterocycles. The minimum absolute atomic E-state index is 0.0321. The molecule has 0 bridgehead atoms. The van der Waals surface area contributed by atoms with E-state index in [0.29, 0.717) is 6.29 Å². The Balaban J connectivity index is 2.97. The first-order chi connectivity index (χ1) is 3.81. The van der Waals surface area contributed by atoms with E-state index < -0.39 is 0 Å². The Morgan fingerprint density at radius 1 is 1.75 bits per heavy atom. The number of nitrogens with zero attached hydrogens (tertiary/aromatic N) is 1. The van der Waals surface area contributed by atoms with Gasteiger partial charge in [-0.2, -0.15) is 0 Å². The predicted octanol–water partition coefficient (Wildman–Crippen LogP) is -0.390. The Morgan fingerprint density at radius 3 is 2.75 bits per heavy atom. The highest BCUT2D eigenvalue weighted by molar-refractivity contribution is 5.50. The summed E-state index contributed by atoms with van der Waals surface area (Å²) in [6.07, 6.45) is 0.648. The van der Waals surface area contributed by atoms with Crippen molar-refractivity contribution in [1.29, 1.82) is 0 Å².